The molecule has 0 bridgehead atoms. The van der Waals surface area contributed by atoms with Crippen molar-refractivity contribution in [1.82, 2.24) is 14.8 Å². The van der Waals surface area contributed by atoms with Crippen LogP contribution < -0.4 is 0 Å². The van der Waals surface area contributed by atoms with Gasteiger partial charge in [-0.3, -0.25) is 14.6 Å². The Morgan fingerprint density at radius 3 is 2.62 bits per heavy atom. The first-order chi connectivity index (χ1) is 10.2. The summed E-state index contributed by atoms with van der Waals surface area (Å²) in [5.41, 5.74) is 0.659. The van der Waals surface area contributed by atoms with E-state index in [-0.39, 0.29) is 17.7 Å². The van der Waals surface area contributed by atoms with Crippen LogP contribution in [0.2, 0.25) is 0 Å². The average molecular weight is 285 g/mol. The third-order valence-corrected chi connectivity index (χ3v) is 4.91. The number of pyridine rings is 1. The van der Waals surface area contributed by atoms with Crippen molar-refractivity contribution in [2.75, 3.05) is 26.2 Å². The van der Waals surface area contributed by atoms with Gasteiger partial charge in [-0.05, 0) is 30.9 Å². The van der Waals surface area contributed by atoms with E-state index in [0.29, 0.717) is 24.6 Å². The molecule has 110 valence electrons. The molecule has 1 aliphatic carbocycles. The number of rotatable bonds is 3. The lowest BCUT2D eigenvalue weighted by atomic mass is 10.0. The Hall–Kier alpha value is -1.91. The minimum absolute atomic E-state index is 0.0216. The number of hydrogen-bond acceptors (Lipinski definition) is 3. The fourth-order valence-corrected chi connectivity index (χ4v) is 3.56. The summed E-state index contributed by atoms with van der Waals surface area (Å²) in [6.45, 7) is 3.05. The standard InChI is InChI=1S/C16H19N3O2/c20-15(12-3-5-17-6-4-12)19-9-13-8-18(7-11-1-2-11)16(21)14(13)10-19/h3-6,11,13-14H,1-2,7-10H2/t13-,14-/m1/s1. The fraction of sp³-hybridized carbons (Fsp3) is 0.562. The number of likely N-dealkylation sites (tertiary alicyclic amines) is 2. The topological polar surface area (TPSA) is 53.5 Å². The summed E-state index contributed by atoms with van der Waals surface area (Å²) >= 11 is 0. The maximum atomic E-state index is 12.4. The first kappa shape index (κ1) is 12.8. The Morgan fingerprint density at radius 1 is 1.19 bits per heavy atom. The normalized spacial score (nSPS) is 28.1. The highest BCUT2D eigenvalue weighted by Gasteiger charge is 2.48. The van der Waals surface area contributed by atoms with Gasteiger partial charge in [0.05, 0.1) is 5.92 Å². The molecule has 0 radical (unpaired) electrons. The Kier molecular flexibility index (Phi) is 2.94. The van der Waals surface area contributed by atoms with E-state index in [1.807, 2.05) is 9.80 Å². The number of nitrogens with zero attached hydrogens (tertiary/aromatic N) is 3. The number of aromatic nitrogens is 1. The zero-order valence-electron chi connectivity index (χ0n) is 11.9. The van der Waals surface area contributed by atoms with Gasteiger partial charge >= 0.3 is 0 Å². The number of amides is 2. The van der Waals surface area contributed by atoms with E-state index in [1.165, 1.54) is 12.8 Å². The highest BCUT2D eigenvalue weighted by Crippen LogP contribution is 2.36. The molecule has 0 spiro atoms. The molecule has 21 heavy (non-hydrogen) atoms. The summed E-state index contributed by atoms with van der Waals surface area (Å²) in [5.74, 6) is 1.36. The summed E-state index contributed by atoms with van der Waals surface area (Å²) in [6, 6.07) is 3.47. The summed E-state index contributed by atoms with van der Waals surface area (Å²) in [4.78, 5) is 32.7. The number of fused-ring (bicyclic) bond motifs is 1. The van der Waals surface area contributed by atoms with E-state index < -0.39 is 0 Å². The molecule has 0 unspecified atom stereocenters. The van der Waals surface area contributed by atoms with E-state index in [9.17, 15) is 9.59 Å². The van der Waals surface area contributed by atoms with Crippen LogP contribution >= 0.6 is 0 Å². The predicted octanol–water partition coefficient (Wildman–Crippen LogP) is 1.02. The molecule has 3 fully saturated rings. The van der Waals surface area contributed by atoms with Crippen molar-refractivity contribution < 1.29 is 9.59 Å². The molecule has 2 saturated heterocycles. The smallest absolute Gasteiger partial charge is 0.253 e. The molecule has 3 aliphatic rings. The molecule has 1 aromatic rings. The van der Waals surface area contributed by atoms with Crippen LogP contribution in [0.3, 0.4) is 0 Å². The number of carbonyl (C=O) groups excluding carboxylic acids is 2. The Balaban J connectivity index is 1.42. The van der Waals surface area contributed by atoms with E-state index in [1.54, 1.807) is 24.5 Å². The van der Waals surface area contributed by atoms with Crippen molar-refractivity contribution in [3.63, 3.8) is 0 Å². The second kappa shape index (κ2) is 4.83. The van der Waals surface area contributed by atoms with Crippen LogP contribution in [-0.2, 0) is 4.79 Å². The van der Waals surface area contributed by atoms with Crippen molar-refractivity contribution >= 4 is 11.8 Å². The molecule has 1 saturated carbocycles. The lowest BCUT2D eigenvalue weighted by Crippen LogP contribution is -2.36. The molecule has 2 amide bonds. The van der Waals surface area contributed by atoms with Crippen LogP contribution in [0.5, 0.6) is 0 Å². The van der Waals surface area contributed by atoms with Crippen LogP contribution in [0.25, 0.3) is 0 Å². The number of carbonyl (C=O) groups is 2. The molecule has 4 rings (SSSR count). The molecular weight excluding hydrogens is 266 g/mol. The summed E-state index contributed by atoms with van der Waals surface area (Å²) in [7, 11) is 0. The van der Waals surface area contributed by atoms with Gasteiger partial charge in [-0.1, -0.05) is 0 Å². The molecule has 2 atom stereocenters. The second-order valence-electron chi connectivity index (χ2n) is 6.50. The van der Waals surface area contributed by atoms with Gasteiger partial charge < -0.3 is 9.80 Å². The molecule has 5 heteroatoms. The van der Waals surface area contributed by atoms with E-state index >= 15 is 0 Å². The third kappa shape index (κ3) is 2.30. The molecular formula is C16H19N3O2. The van der Waals surface area contributed by atoms with E-state index in [4.69, 9.17) is 0 Å². The largest absolute Gasteiger partial charge is 0.342 e. The van der Waals surface area contributed by atoms with Crippen molar-refractivity contribution in [2.45, 2.75) is 12.8 Å². The van der Waals surface area contributed by atoms with Crippen LogP contribution in [0.15, 0.2) is 24.5 Å². The molecule has 2 aliphatic heterocycles. The van der Waals surface area contributed by atoms with Gasteiger partial charge in [-0.2, -0.15) is 0 Å². The quantitative estimate of drug-likeness (QED) is 0.833. The van der Waals surface area contributed by atoms with Gasteiger partial charge in [0.1, 0.15) is 0 Å². The molecule has 5 nitrogen and oxygen atoms in total. The third-order valence-electron chi connectivity index (χ3n) is 4.91. The van der Waals surface area contributed by atoms with Gasteiger partial charge in [0.25, 0.3) is 5.91 Å². The predicted molar refractivity (Wildman–Crippen MR) is 76.4 cm³/mol. The molecule has 1 aromatic heterocycles. The van der Waals surface area contributed by atoms with Crippen molar-refractivity contribution in [3.05, 3.63) is 30.1 Å². The lowest BCUT2D eigenvalue weighted by Gasteiger charge is -2.21. The summed E-state index contributed by atoms with van der Waals surface area (Å²) < 4.78 is 0. The fourth-order valence-electron chi connectivity index (χ4n) is 3.56. The monoisotopic (exact) mass is 285 g/mol. The second-order valence-corrected chi connectivity index (χ2v) is 6.50. The summed E-state index contributed by atoms with van der Waals surface area (Å²) in [5, 5.41) is 0. The number of hydrogen-bond donors (Lipinski definition) is 0. The van der Waals surface area contributed by atoms with Crippen molar-refractivity contribution in [1.29, 1.82) is 0 Å². The van der Waals surface area contributed by atoms with E-state index in [2.05, 4.69) is 4.98 Å². The lowest BCUT2D eigenvalue weighted by molar-refractivity contribution is -0.131. The van der Waals surface area contributed by atoms with Gasteiger partial charge in [0.2, 0.25) is 5.91 Å². The highest BCUT2D eigenvalue weighted by atomic mass is 16.2. The zero-order valence-corrected chi connectivity index (χ0v) is 11.9. The minimum atomic E-state index is 0.0216. The summed E-state index contributed by atoms with van der Waals surface area (Å²) in [6.07, 6.45) is 5.80. The molecule has 0 N–H and O–H groups in total. The Labute approximate surface area is 123 Å². The van der Waals surface area contributed by atoms with E-state index in [0.717, 1.165) is 19.0 Å². The maximum Gasteiger partial charge on any atom is 0.253 e. The van der Waals surface area contributed by atoms with Crippen LogP contribution in [0.1, 0.15) is 23.2 Å². The first-order valence-electron chi connectivity index (χ1n) is 7.70. The first-order valence-corrected chi connectivity index (χ1v) is 7.70. The average Bonchev–Trinajstić information content (AvgIpc) is 3.16. The van der Waals surface area contributed by atoms with Gasteiger partial charge in [-0.15, -0.1) is 0 Å². The Bertz CT molecular complexity index is 570. The zero-order chi connectivity index (χ0) is 14.4. The molecule has 0 aromatic carbocycles. The van der Waals surface area contributed by atoms with Gasteiger partial charge in [-0.25, -0.2) is 0 Å². The van der Waals surface area contributed by atoms with Gasteiger partial charge in [0.15, 0.2) is 0 Å². The van der Waals surface area contributed by atoms with Crippen molar-refractivity contribution in [3.8, 4) is 0 Å². The maximum absolute atomic E-state index is 12.4. The van der Waals surface area contributed by atoms with Crippen LogP contribution in [0.4, 0.5) is 0 Å². The van der Waals surface area contributed by atoms with Crippen LogP contribution in [0, 0.1) is 17.8 Å². The molecule has 3 heterocycles. The SMILES string of the molecule is O=C(c1ccncc1)N1C[C@H]2CN(CC3CC3)C(=O)[C@@H]2C1. The van der Waals surface area contributed by atoms with Crippen LogP contribution in [-0.4, -0.2) is 52.8 Å². The highest BCUT2D eigenvalue weighted by molar-refractivity contribution is 5.95. The minimum Gasteiger partial charge on any atom is -0.342 e. The Morgan fingerprint density at radius 2 is 1.95 bits per heavy atom. The van der Waals surface area contributed by atoms with Crippen molar-refractivity contribution in [2.24, 2.45) is 17.8 Å². The van der Waals surface area contributed by atoms with Gasteiger partial charge in [0, 0.05) is 50.1 Å².